The Balaban J connectivity index is 0.00000248. The van der Waals surface area contributed by atoms with E-state index >= 15 is 0 Å². The maximum atomic E-state index is 13.3. The second kappa shape index (κ2) is 15.8. The largest absolute Gasteiger partial charge is 0.459 e. The van der Waals surface area contributed by atoms with Gasteiger partial charge in [0.2, 0.25) is 0 Å². The molecule has 4 rings (SSSR count). The van der Waals surface area contributed by atoms with Gasteiger partial charge in [-0.3, -0.25) is 0 Å². The standard InChI is InChI=1S/C34H40N2O5.CH4O/c1-7-35(8-2)24-15-17-28-30(21-24)41-31-22-25(36(9-3)10-4)16-18-29(31)32(28)26-13-11-12-14-27(26)34(38)40-20-19-39-33(37)23(5)6;1-2/h11-18,21-22,32H,5,7-10,19-20H2,1-4,6H3;2H,1H3. The number of hydrogen-bond acceptors (Lipinski definition) is 8. The number of nitrogens with zero attached hydrogens (tertiary/aromatic N) is 2. The second-order valence-electron chi connectivity index (χ2n) is 9.96. The summed E-state index contributed by atoms with van der Waals surface area (Å²) in [7, 11) is 1.00. The molecule has 0 amide bonds. The summed E-state index contributed by atoms with van der Waals surface area (Å²) in [4.78, 5) is 29.6. The number of ether oxygens (including phenoxy) is 3. The minimum absolute atomic E-state index is 0.0369. The highest BCUT2D eigenvalue weighted by Gasteiger charge is 2.32. The van der Waals surface area contributed by atoms with Crippen molar-refractivity contribution in [3.63, 3.8) is 0 Å². The Kier molecular flexibility index (Phi) is 12.2. The van der Waals surface area contributed by atoms with Crippen molar-refractivity contribution in [2.45, 2.75) is 40.5 Å². The van der Waals surface area contributed by atoms with E-state index in [4.69, 9.17) is 19.3 Å². The average Bonchev–Trinajstić information content (AvgIpc) is 3.03. The number of fused-ring (bicyclic) bond motifs is 2. The second-order valence-corrected chi connectivity index (χ2v) is 9.96. The van der Waals surface area contributed by atoms with E-state index in [0.717, 1.165) is 72.9 Å². The summed E-state index contributed by atoms with van der Waals surface area (Å²) in [6.45, 7) is 17.2. The molecular weight excluding hydrogens is 544 g/mol. The summed E-state index contributed by atoms with van der Waals surface area (Å²) in [6, 6.07) is 20.2. The lowest BCUT2D eigenvalue weighted by Crippen LogP contribution is -2.23. The van der Waals surface area contributed by atoms with Crippen LogP contribution in [0.5, 0.6) is 11.5 Å². The van der Waals surface area contributed by atoms with Crippen LogP contribution >= 0.6 is 0 Å². The molecular formula is C35H44N2O6. The molecule has 0 unspecified atom stereocenters. The highest BCUT2D eigenvalue weighted by molar-refractivity contribution is 5.92. The number of hydrogen-bond donors (Lipinski definition) is 1. The van der Waals surface area contributed by atoms with Gasteiger partial charge in [-0.1, -0.05) is 36.9 Å². The summed E-state index contributed by atoms with van der Waals surface area (Å²) in [5.74, 6) is 0.332. The number of anilines is 2. The Bertz CT molecular complexity index is 1350. The van der Waals surface area contributed by atoms with E-state index in [1.54, 1.807) is 13.0 Å². The van der Waals surface area contributed by atoms with Crippen molar-refractivity contribution >= 4 is 23.3 Å². The van der Waals surface area contributed by atoms with Crippen LogP contribution in [-0.4, -0.2) is 63.5 Å². The molecule has 0 aromatic heterocycles. The molecule has 1 N–H and O–H groups in total. The van der Waals surface area contributed by atoms with Gasteiger partial charge >= 0.3 is 11.9 Å². The highest BCUT2D eigenvalue weighted by Crippen LogP contribution is 2.50. The van der Waals surface area contributed by atoms with Gasteiger partial charge in [-0.15, -0.1) is 0 Å². The third-order valence-electron chi connectivity index (χ3n) is 7.48. The third kappa shape index (κ3) is 7.56. The Hall–Kier alpha value is -4.30. The van der Waals surface area contributed by atoms with Gasteiger partial charge in [0, 0.05) is 79.4 Å². The topological polar surface area (TPSA) is 88.5 Å². The van der Waals surface area contributed by atoms with Gasteiger partial charge in [0.1, 0.15) is 24.7 Å². The van der Waals surface area contributed by atoms with Gasteiger partial charge in [-0.25, -0.2) is 9.59 Å². The SMILES string of the molecule is C=C(C)C(=O)OCCOC(=O)c1ccccc1C1c2ccc(N(CC)CC)cc2Oc2cc(N(CC)CC)ccc21.CO. The van der Waals surface area contributed by atoms with E-state index in [9.17, 15) is 9.59 Å². The lowest BCUT2D eigenvalue weighted by atomic mass is 9.80. The molecule has 0 saturated heterocycles. The fraction of sp³-hybridized carbons (Fsp3) is 0.371. The molecule has 8 heteroatoms. The highest BCUT2D eigenvalue weighted by atomic mass is 16.6. The maximum absolute atomic E-state index is 13.3. The van der Waals surface area contributed by atoms with E-state index in [1.165, 1.54) is 0 Å². The van der Waals surface area contributed by atoms with Crippen LogP contribution in [0.15, 0.2) is 72.8 Å². The van der Waals surface area contributed by atoms with Gasteiger partial charge in [0.25, 0.3) is 0 Å². The minimum atomic E-state index is -0.509. The van der Waals surface area contributed by atoms with E-state index < -0.39 is 11.9 Å². The Morgan fingerprint density at radius 1 is 0.767 bits per heavy atom. The fourth-order valence-corrected chi connectivity index (χ4v) is 5.30. The first-order valence-electron chi connectivity index (χ1n) is 14.8. The molecule has 0 spiro atoms. The lowest BCUT2D eigenvalue weighted by Gasteiger charge is -2.32. The minimum Gasteiger partial charge on any atom is -0.459 e. The van der Waals surface area contributed by atoms with Gasteiger partial charge in [0.05, 0.1) is 5.56 Å². The van der Waals surface area contributed by atoms with Crippen LogP contribution in [-0.2, 0) is 14.3 Å². The molecule has 0 fully saturated rings. The Morgan fingerprint density at radius 3 is 1.74 bits per heavy atom. The van der Waals surface area contributed by atoms with Crippen molar-refractivity contribution in [1.82, 2.24) is 0 Å². The third-order valence-corrected chi connectivity index (χ3v) is 7.48. The van der Waals surface area contributed by atoms with Crippen LogP contribution < -0.4 is 14.5 Å². The molecule has 3 aromatic rings. The zero-order valence-corrected chi connectivity index (χ0v) is 26.2. The van der Waals surface area contributed by atoms with Gasteiger partial charge in [-0.05, 0) is 58.4 Å². The van der Waals surface area contributed by atoms with Crippen molar-refractivity contribution in [3.05, 3.63) is 95.1 Å². The number of aliphatic hydroxyl groups is 1. The summed E-state index contributed by atoms with van der Waals surface area (Å²) in [5.41, 5.74) is 5.74. The zero-order valence-electron chi connectivity index (χ0n) is 26.2. The fourth-order valence-electron chi connectivity index (χ4n) is 5.30. The molecule has 1 aliphatic heterocycles. The predicted octanol–water partition coefficient (Wildman–Crippen LogP) is 6.55. The molecule has 3 aromatic carbocycles. The summed E-state index contributed by atoms with van der Waals surface area (Å²) < 4.78 is 17.2. The van der Waals surface area contributed by atoms with Gasteiger partial charge < -0.3 is 29.1 Å². The molecule has 8 nitrogen and oxygen atoms in total. The first kappa shape index (κ1) is 33.2. The molecule has 43 heavy (non-hydrogen) atoms. The predicted molar refractivity (Wildman–Crippen MR) is 172 cm³/mol. The van der Waals surface area contributed by atoms with E-state index in [2.05, 4.69) is 80.5 Å². The first-order chi connectivity index (χ1) is 20.8. The monoisotopic (exact) mass is 588 g/mol. The maximum Gasteiger partial charge on any atom is 0.338 e. The van der Waals surface area contributed by atoms with Crippen LogP contribution in [0.2, 0.25) is 0 Å². The van der Waals surface area contributed by atoms with Crippen molar-refractivity contribution in [3.8, 4) is 11.5 Å². The quantitative estimate of drug-likeness (QED) is 0.113. The van der Waals surface area contributed by atoms with Crippen LogP contribution in [0.4, 0.5) is 11.4 Å². The van der Waals surface area contributed by atoms with E-state index in [-0.39, 0.29) is 19.1 Å². The Labute approximate surface area is 255 Å². The summed E-state index contributed by atoms with van der Waals surface area (Å²) in [6.07, 6.45) is 0. The molecule has 0 bridgehead atoms. The molecule has 230 valence electrons. The lowest BCUT2D eigenvalue weighted by molar-refractivity contribution is -0.140. The number of aliphatic hydroxyl groups excluding tert-OH is 1. The van der Waals surface area contributed by atoms with Gasteiger partial charge in [-0.2, -0.15) is 0 Å². The molecule has 0 radical (unpaired) electrons. The van der Waals surface area contributed by atoms with Crippen molar-refractivity contribution < 1.29 is 28.9 Å². The molecule has 0 aliphatic carbocycles. The van der Waals surface area contributed by atoms with E-state index in [0.29, 0.717) is 11.1 Å². The summed E-state index contributed by atoms with van der Waals surface area (Å²) >= 11 is 0. The smallest absolute Gasteiger partial charge is 0.338 e. The number of esters is 2. The normalized spacial score (nSPS) is 11.6. The zero-order chi connectivity index (χ0) is 31.5. The molecule has 1 heterocycles. The van der Waals surface area contributed by atoms with Crippen molar-refractivity contribution in [2.24, 2.45) is 0 Å². The first-order valence-corrected chi connectivity index (χ1v) is 14.8. The number of carbonyl (C=O) groups is 2. The van der Waals surface area contributed by atoms with Crippen LogP contribution in [0.3, 0.4) is 0 Å². The molecule has 1 aliphatic rings. The van der Waals surface area contributed by atoms with Gasteiger partial charge in [0.15, 0.2) is 0 Å². The molecule has 0 atom stereocenters. The Morgan fingerprint density at radius 2 is 1.26 bits per heavy atom. The number of carbonyl (C=O) groups excluding carboxylic acids is 2. The van der Waals surface area contributed by atoms with Crippen LogP contribution in [0.1, 0.15) is 67.6 Å². The number of benzene rings is 3. The van der Waals surface area contributed by atoms with Crippen LogP contribution in [0.25, 0.3) is 0 Å². The van der Waals surface area contributed by atoms with Crippen LogP contribution in [0, 0.1) is 0 Å². The average molecular weight is 589 g/mol. The summed E-state index contributed by atoms with van der Waals surface area (Å²) in [5, 5.41) is 7.00. The van der Waals surface area contributed by atoms with Crippen molar-refractivity contribution in [2.75, 3.05) is 56.3 Å². The van der Waals surface area contributed by atoms with Crippen molar-refractivity contribution in [1.29, 1.82) is 0 Å². The van der Waals surface area contributed by atoms with E-state index in [1.807, 2.05) is 18.2 Å². The molecule has 0 saturated carbocycles. The number of rotatable bonds is 12.